The Labute approximate surface area is 79.3 Å². The van der Waals surface area contributed by atoms with Crippen LogP contribution in [0.15, 0.2) is 22.8 Å². The summed E-state index contributed by atoms with van der Waals surface area (Å²) < 4.78 is 4.68. The Bertz CT molecular complexity index is 349. The molecule has 0 N–H and O–H groups in total. The monoisotopic (exact) mass is 195 g/mol. The van der Waals surface area contributed by atoms with Crippen LogP contribution in [0.2, 0.25) is 0 Å². The summed E-state index contributed by atoms with van der Waals surface area (Å²) in [5, 5.41) is 10.5. The number of carboxylic acids is 1. The number of aliphatic carboxylic acids is 1. The number of furan rings is 1. The first kappa shape index (κ1) is 10.2. The quantitative estimate of drug-likeness (QED) is 0.473. The lowest BCUT2D eigenvalue weighted by Crippen LogP contribution is -2.40. The minimum absolute atomic E-state index is 0.158. The van der Waals surface area contributed by atoms with Crippen LogP contribution in [0.5, 0.6) is 0 Å². The molecule has 1 atom stereocenters. The molecular formula is C9H7O5-. The van der Waals surface area contributed by atoms with Gasteiger partial charge >= 0.3 is 0 Å². The molecule has 1 heterocycles. The molecule has 0 saturated carbocycles. The van der Waals surface area contributed by atoms with Crippen molar-refractivity contribution in [2.75, 3.05) is 0 Å². The highest BCUT2D eigenvalue weighted by atomic mass is 16.4. The van der Waals surface area contributed by atoms with E-state index in [2.05, 4.69) is 4.42 Å². The van der Waals surface area contributed by atoms with Crippen molar-refractivity contribution in [1.82, 2.24) is 0 Å². The van der Waals surface area contributed by atoms with Gasteiger partial charge in [-0.05, 0) is 19.1 Å². The van der Waals surface area contributed by atoms with E-state index in [9.17, 15) is 19.5 Å². The van der Waals surface area contributed by atoms with Gasteiger partial charge < -0.3 is 14.3 Å². The number of ketones is 2. The normalized spacial score (nSPS) is 12.1. The Morgan fingerprint density at radius 3 is 2.43 bits per heavy atom. The average molecular weight is 195 g/mol. The summed E-state index contributed by atoms with van der Waals surface area (Å²) in [7, 11) is 0. The largest absolute Gasteiger partial charge is 0.549 e. The van der Waals surface area contributed by atoms with Gasteiger partial charge in [0.15, 0.2) is 5.76 Å². The molecule has 0 aliphatic carbocycles. The van der Waals surface area contributed by atoms with Crippen molar-refractivity contribution in [3.63, 3.8) is 0 Å². The van der Waals surface area contributed by atoms with Crippen LogP contribution in [-0.2, 0) is 9.59 Å². The smallest absolute Gasteiger partial charge is 0.214 e. The number of Topliss-reactive ketones (excluding diaryl/α,β-unsaturated/α-hetero) is 2. The molecule has 0 saturated heterocycles. The summed E-state index contributed by atoms with van der Waals surface area (Å²) in [5.41, 5.74) is 0. The molecular weight excluding hydrogens is 188 g/mol. The predicted octanol–water partition coefficient (Wildman–Crippen LogP) is -0.583. The van der Waals surface area contributed by atoms with Crippen molar-refractivity contribution >= 4 is 17.5 Å². The SMILES string of the molecule is CC(=O)C(C(=O)[O-])C(=O)c1ccco1. The maximum atomic E-state index is 11.4. The van der Waals surface area contributed by atoms with Crippen LogP contribution in [0.3, 0.4) is 0 Å². The average Bonchev–Trinajstić information content (AvgIpc) is 2.53. The number of carboxylic acid groups (broad SMARTS) is 1. The lowest BCUT2D eigenvalue weighted by atomic mass is 9.98. The Hall–Kier alpha value is -1.91. The maximum Gasteiger partial charge on any atom is 0.214 e. The van der Waals surface area contributed by atoms with Gasteiger partial charge in [0, 0.05) is 0 Å². The van der Waals surface area contributed by atoms with Crippen molar-refractivity contribution < 1.29 is 23.9 Å². The van der Waals surface area contributed by atoms with Crippen molar-refractivity contribution in [3.8, 4) is 0 Å². The van der Waals surface area contributed by atoms with Crippen LogP contribution in [0.25, 0.3) is 0 Å². The fourth-order valence-electron chi connectivity index (χ4n) is 1.02. The van der Waals surface area contributed by atoms with Gasteiger partial charge in [0.2, 0.25) is 5.78 Å². The standard InChI is InChI=1S/C9H8O5/c1-5(10)7(9(12)13)8(11)6-3-2-4-14-6/h2-4,7H,1H3,(H,12,13)/p-1. The Kier molecular flexibility index (Phi) is 2.81. The summed E-state index contributed by atoms with van der Waals surface area (Å²) >= 11 is 0. The molecule has 74 valence electrons. The van der Waals surface area contributed by atoms with Crippen molar-refractivity contribution in [2.24, 2.45) is 5.92 Å². The highest BCUT2D eigenvalue weighted by Crippen LogP contribution is 2.10. The first-order chi connectivity index (χ1) is 6.54. The van der Waals surface area contributed by atoms with Crippen LogP contribution < -0.4 is 5.11 Å². The van der Waals surface area contributed by atoms with Crippen molar-refractivity contribution in [2.45, 2.75) is 6.92 Å². The molecule has 0 amide bonds. The molecule has 0 fully saturated rings. The Morgan fingerprint density at radius 1 is 1.43 bits per heavy atom. The predicted molar refractivity (Wildman–Crippen MR) is 42.2 cm³/mol. The van der Waals surface area contributed by atoms with Gasteiger partial charge in [0.1, 0.15) is 11.7 Å². The second-order valence-electron chi connectivity index (χ2n) is 2.70. The second kappa shape index (κ2) is 3.87. The number of carbonyl (C=O) groups is 3. The lowest BCUT2D eigenvalue weighted by Gasteiger charge is -2.11. The lowest BCUT2D eigenvalue weighted by molar-refractivity contribution is -0.307. The van der Waals surface area contributed by atoms with E-state index in [-0.39, 0.29) is 5.76 Å². The van der Waals surface area contributed by atoms with E-state index < -0.39 is 23.5 Å². The summed E-state index contributed by atoms with van der Waals surface area (Å²) in [6.07, 6.45) is 1.22. The zero-order valence-electron chi connectivity index (χ0n) is 7.35. The minimum atomic E-state index is -1.78. The van der Waals surface area contributed by atoms with Gasteiger partial charge in [-0.25, -0.2) is 0 Å². The third-order valence-electron chi connectivity index (χ3n) is 1.67. The molecule has 0 aromatic carbocycles. The van der Waals surface area contributed by atoms with E-state index in [0.29, 0.717) is 0 Å². The number of rotatable bonds is 4. The van der Waals surface area contributed by atoms with E-state index >= 15 is 0 Å². The summed E-state index contributed by atoms with van der Waals surface area (Å²) in [6, 6.07) is 2.72. The highest BCUT2D eigenvalue weighted by Gasteiger charge is 2.27. The minimum Gasteiger partial charge on any atom is -0.549 e. The van der Waals surface area contributed by atoms with E-state index in [0.717, 1.165) is 6.92 Å². The zero-order valence-corrected chi connectivity index (χ0v) is 7.35. The van der Waals surface area contributed by atoms with Gasteiger partial charge in [0.05, 0.1) is 12.2 Å². The van der Waals surface area contributed by atoms with Crippen molar-refractivity contribution in [3.05, 3.63) is 24.2 Å². The zero-order chi connectivity index (χ0) is 10.7. The molecule has 1 rings (SSSR count). The molecule has 0 aliphatic rings. The molecule has 1 aromatic rings. The van der Waals surface area contributed by atoms with Gasteiger partial charge in [-0.2, -0.15) is 0 Å². The third-order valence-corrected chi connectivity index (χ3v) is 1.67. The molecule has 1 aromatic heterocycles. The second-order valence-corrected chi connectivity index (χ2v) is 2.70. The van der Waals surface area contributed by atoms with Crippen LogP contribution in [-0.4, -0.2) is 17.5 Å². The number of carbonyl (C=O) groups excluding carboxylic acids is 3. The first-order valence-electron chi connectivity index (χ1n) is 3.83. The molecule has 0 radical (unpaired) electrons. The van der Waals surface area contributed by atoms with Crippen LogP contribution >= 0.6 is 0 Å². The number of hydrogen-bond donors (Lipinski definition) is 0. The first-order valence-corrected chi connectivity index (χ1v) is 3.83. The molecule has 5 heteroatoms. The third kappa shape index (κ3) is 1.87. The Morgan fingerprint density at radius 2 is 2.07 bits per heavy atom. The van der Waals surface area contributed by atoms with E-state index in [1.54, 1.807) is 0 Å². The molecule has 0 bridgehead atoms. The topological polar surface area (TPSA) is 87.4 Å². The van der Waals surface area contributed by atoms with Gasteiger partial charge in [-0.15, -0.1) is 0 Å². The van der Waals surface area contributed by atoms with E-state index in [1.165, 1.54) is 18.4 Å². The molecule has 14 heavy (non-hydrogen) atoms. The summed E-state index contributed by atoms with van der Waals surface area (Å²) in [6.45, 7) is 1.02. The van der Waals surface area contributed by atoms with E-state index in [1.807, 2.05) is 0 Å². The van der Waals surface area contributed by atoms with E-state index in [4.69, 9.17) is 0 Å². The number of hydrogen-bond acceptors (Lipinski definition) is 5. The molecule has 1 unspecified atom stereocenters. The molecule has 0 spiro atoms. The van der Waals surface area contributed by atoms with Crippen LogP contribution in [0.1, 0.15) is 17.5 Å². The maximum absolute atomic E-state index is 11.4. The van der Waals surface area contributed by atoms with Crippen molar-refractivity contribution in [1.29, 1.82) is 0 Å². The van der Waals surface area contributed by atoms with Gasteiger partial charge in [-0.3, -0.25) is 9.59 Å². The van der Waals surface area contributed by atoms with Gasteiger partial charge in [-0.1, -0.05) is 0 Å². The molecule has 0 aliphatic heterocycles. The van der Waals surface area contributed by atoms with Gasteiger partial charge in [0.25, 0.3) is 0 Å². The fourth-order valence-corrected chi connectivity index (χ4v) is 1.02. The highest BCUT2D eigenvalue weighted by molar-refractivity contribution is 6.20. The summed E-state index contributed by atoms with van der Waals surface area (Å²) in [4.78, 5) is 32.7. The fraction of sp³-hybridized carbons (Fsp3) is 0.222. The van der Waals surface area contributed by atoms with Crippen LogP contribution in [0.4, 0.5) is 0 Å². The summed E-state index contributed by atoms with van der Waals surface area (Å²) in [5.74, 6) is -5.30. The van der Waals surface area contributed by atoms with Crippen LogP contribution in [0, 0.1) is 5.92 Å². The molecule has 5 nitrogen and oxygen atoms in total. The Balaban J connectivity index is 2.97.